The number of carbonyl (C=O) groups is 2. The molecule has 0 unspecified atom stereocenters. The van der Waals surface area contributed by atoms with Gasteiger partial charge in [0.25, 0.3) is 0 Å². The number of carbonyl (C=O) groups excluding carboxylic acids is 2. The molecule has 0 N–H and O–H groups in total. The van der Waals surface area contributed by atoms with Gasteiger partial charge in [0.2, 0.25) is 0 Å². The molecule has 0 aromatic heterocycles. The SMILES string of the molecule is CCCOc1ccc([C@H](CC(=O)[O-])C(=O)[O-])cc1. The van der Waals surface area contributed by atoms with Gasteiger partial charge in [0.15, 0.2) is 0 Å². The number of carboxylic acids is 2. The molecule has 0 amide bonds. The van der Waals surface area contributed by atoms with Crippen molar-refractivity contribution in [1.29, 1.82) is 0 Å². The second-order valence-electron chi connectivity index (χ2n) is 3.87. The average molecular weight is 250 g/mol. The van der Waals surface area contributed by atoms with Gasteiger partial charge >= 0.3 is 0 Å². The topological polar surface area (TPSA) is 89.5 Å². The number of aliphatic carboxylic acids is 2. The summed E-state index contributed by atoms with van der Waals surface area (Å²) in [7, 11) is 0. The van der Waals surface area contributed by atoms with E-state index in [0.29, 0.717) is 17.9 Å². The van der Waals surface area contributed by atoms with Gasteiger partial charge < -0.3 is 24.5 Å². The molecule has 0 aliphatic heterocycles. The quantitative estimate of drug-likeness (QED) is 0.647. The van der Waals surface area contributed by atoms with Crippen LogP contribution in [0.1, 0.15) is 31.2 Å². The first-order valence-corrected chi connectivity index (χ1v) is 5.68. The van der Waals surface area contributed by atoms with Crippen LogP contribution < -0.4 is 14.9 Å². The minimum atomic E-state index is -1.43. The van der Waals surface area contributed by atoms with Gasteiger partial charge in [-0.2, -0.15) is 0 Å². The van der Waals surface area contributed by atoms with Gasteiger partial charge in [0.05, 0.1) is 6.61 Å². The Labute approximate surface area is 105 Å². The Hall–Kier alpha value is -2.04. The van der Waals surface area contributed by atoms with Gasteiger partial charge in [-0.05, 0) is 30.5 Å². The Bertz CT molecular complexity index is 410. The first kappa shape index (κ1) is 14.0. The molecule has 1 aromatic carbocycles. The number of rotatable bonds is 7. The number of benzene rings is 1. The summed E-state index contributed by atoms with van der Waals surface area (Å²) in [5, 5.41) is 21.3. The van der Waals surface area contributed by atoms with Crippen LogP contribution in [0.5, 0.6) is 5.75 Å². The van der Waals surface area contributed by atoms with E-state index in [-0.39, 0.29) is 0 Å². The zero-order valence-corrected chi connectivity index (χ0v) is 10.0. The monoisotopic (exact) mass is 250 g/mol. The lowest BCUT2D eigenvalue weighted by Crippen LogP contribution is -2.34. The van der Waals surface area contributed by atoms with Crippen LogP contribution in [0.3, 0.4) is 0 Å². The predicted molar refractivity (Wildman–Crippen MR) is 59.6 cm³/mol. The van der Waals surface area contributed by atoms with E-state index in [9.17, 15) is 19.8 Å². The van der Waals surface area contributed by atoms with Crippen molar-refractivity contribution >= 4 is 11.9 Å². The highest BCUT2D eigenvalue weighted by molar-refractivity contribution is 5.80. The summed E-state index contributed by atoms with van der Waals surface area (Å²) < 4.78 is 5.34. The molecule has 0 radical (unpaired) electrons. The summed E-state index contributed by atoms with van der Waals surface area (Å²) in [4.78, 5) is 21.3. The van der Waals surface area contributed by atoms with Crippen molar-refractivity contribution in [2.75, 3.05) is 6.61 Å². The lowest BCUT2D eigenvalue weighted by Gasteiger charge is -2.19. The maximum Gasteiger partial charge on any atom is 0.119 e. The molecule has 0 bridgehead atoms. The molecule has 5 nitrogen and oxygen atoms in total. The van der Waals surface area contributed by atoms with E-state index >= 15 is 0 Å². The number of hydrogen-bond donors (Lipinski definition) is 0. The molecule has 1 aromatic rings. The lowest BCUT2D eigenvalue weighted by molar-refractivity contribution is -0.317. The van der Waals surface area contributed by atoms with Crippen LogP contribution in [0.25, 0.3) is 0 Å². The summed E-state index contributed by atoms with van der Waals surface area (Å²) in [6, 6.07) is 6.26. The molecule has 1 rings (SSSR count). The van der Waals surface area contributed by atoms with Crippen molar-refractivity contribution in [2.45, 2.75) is 25.7 Å². The van der Waals surface area contributed by atoms with Crippen LogP contribution in [0.4, 0.5) is 0 Å². The number of carboxylic acid groups (broad SMARTS) is 2. The van der Waals surface area contributed by atoms with Gasteiger partial charge in [-0.25, -0.2) is 0 Å². The molecule has 18 heavy (non-hydrogen) atoms. The van der Waals surface area contributed by atoms with Crippen LogP contribution >= 0.6 is 0 Å². The van der Waals surface area contributed by atoms with Crippen LogP contribution in [-0.4, -0.2) is 18.5 Å². The first-order valence-electron chi connectivity index (χ1n) is 5.68. The zero-order valence-electron chi connectivity index (χ0n) is 10.0. The molecule has 0 saturated heterocycles. The molecule has 5 heteroatoms. The van der Waals surface area contributed by atoms with E-state index in [4.69, 9.17) is 4.74 Å². The smallest absolute Gasteiger partial charge is 0.119 e. The van der Waals surface area contributed by atoms with Crippen molar-refractivity contribution in [3.63, 3.8) is 0 Å². The Kier molecular flexibility index (Phi) is 5.17. The highest BCUT2D eigenvalue weighted by Crippen LogP contribution is 2.22. The summed E-state index contributed by atoms with van der Waals surface area (Å²) in [5.74, 6) is -3.43. The highest BCUT2D eigenvalue weighted by Gasteiger charge is 2.13. The lowest BCUT2D eigenvalue weighted by atomic mass is 9.96. The number of ether oxygens (including phenoxy) is 1. The summed E-state index contributed by atoms with van der Waals surface area (Å²) in [6.07, 6.45) is 0.269. The average Bonchev–Trinajstić information content (AvgIpc) is 2.34. The highest BCUT2D eigenvalue weighted by atomic mass is 16.5. The van der Waals surface area contributed by atoms with Crippen LogP contribution in [0.15, 0.2) is 24.3 Å². The van der Waals surface area contributed by atoms with Gasteiger partial charge in [0, 0.05) is 17.9 Å². The second-order valence-corrected chi connectivity index (χ2v) is 3.87. The third-order valence-corrected chi connectivity index (χ3v) is 2.41. The second kappa shape index (κ2) is 6.64. The third-order valence-electron chi connectivity index (χ3n) is 2.41. The van der Waals surface area contributed by atoms with E-state index in [1.807, 2.05) is 6.92 Å². The largest absolute Gasteiger partial charge is 0.550 e. The van der Waals surface area contributed by atoms with Gasteiger partial charge in [0.1, 0.15) is 5.75 Å². The van der Waals surface area contributed by atoms with Crippen molar-refractivity contribution in [1.82, 2.24) is 0 Å². The van der Waals surface area contributed by atoms with Gasteiger partial charge in [-0.1, -0.05) is 19.1 Å². The molecule has 0 spiro atoms. The normalized spacial score (nSPS) is 11.8. The van der Waals surface area contributed by atoms with E-state index in [2.05, 4.69) is 0 Å². The maximum atomic E-state index is 10.9. The standard InChI is InChI=1S/C13H16O5/c1-2-7-18-10-5-3-9(4-6-10)11(13(16)17)8-12(14)15/h3-6,11H,2,7-8H2,1H3,(H,14,15)(H,16,17)/p-2/t11-/m0/s1. The first-order chi connectivity index (χ1) is 8.54. The van der Waals surface area contributed by atoms with Crippen LogP contribution in [0.2, 0.25) is 0 Å². The fraction of sp³-hybridized carbons (Fsp3) is 0.385. The van der Waals surface area contributed by atoms with E-state index < -0.39 is 24.3 Å². The Morgan fingerprint density at radius 3 is 2.28 bits per heavy atom. The maximum absolute atomic E-state index is 10.9. The molecular formula is C13H14O5-2. The molecule has 0 aliphatic rings. The molecule has 0 saturated carbocycles. The zero-order chi connectivity index (χ0) is 13.5. The minimum absolute atomic E-state index is 0.364. The molecule has 0 fully saturated rings. The fourth-order valence-electron chi connectivity index (χ4n) is 1.52. The van der Waals surface area contributed by atoms with Crippen molar-refractivity contribution in [3.8, 4) is 5.75 Å². The molecule has 98 valence electrons. The summed E-state index contributed by atoms with van der Waals surface area (Å²) in [6.45, 7) is 2.54. The summed E-state index contributed by atoms with van der Waals surface area (Å²) >= 11 is 0. The Morgan fingerprint density at radius 2 is 1.83 bits per heavy atom. The molecular weight excluding hydrogens is 236 g/mol. The van der Waals surface area contributed by atoms with Gasteiger partial charge in [-0.3, -0.25) is 0 Å². The third kappa shape index (κ3) is 4.08. The van der Waals surface area contributed by atoms with E-state index in [1.54, 1.807) is 12.1 Å². The van der Waals surface area contributed by atoms with E-state index in [1.165, 1.54) is 12.1 Å². The van der Waals surface area contributed by atoms with Crippen molar-refractivity contribution in [3.05, 3.63) is 29.8 Å². The molecule has 0 heterocycles. The van der Waals surface area contributed by atoms with Crippen molar-refractivity contribution < 1.29 is 24.5 Å². The molecule has 1 atom stereocenters. The van der Waals surface area contributed by atoms with Gasteiger partial charge in [-0.15, -0.1) is 0 Å². The van der Waals surface area contributed by atoms with Crippen LogP contribution in [-0.2, 0) is 9.59 Å². The number of hydrogen-bond acceptors (Lipinski definition) is 5. The minimum Gasteiger partial charge on any atom is -0.550 e. The predicted octanol–water partition coefficient (Wildman–Crippen LogP) is -0.551. The van der Waals surface area contributed by atoms with Crippen LogP contribution in [0, 0.1) is 0 Å². The Morgan fingerprint density at radius 1 is 1.22 bits per heavy atom. The molecule has 0 aliphatic carbocycles. The Balaban J connectivity index is 2.80. The summed E-state index contributed by atoms with van der Waals surface area (Å²) in [5.41, 5.74) is 0.364. The van der Waals surface area contributed by atoms with Crippen molar-refractivity contribution in [2.24, 2.45) is 0 Å². The fourth-order valence-corrected chi connectivity index (χ4v) is 1.52. The van der Waals surface area contributed by atoms with E-state index in [0.717, 1.165) is 6.42 Å².